The third kappa shape index (κ3) is 3.64. The monoisotopic (exact) mass is 355 g/mol. The van der Waals surface area contributed by atoms with Crippen LogP contribution < -0.4 is 14.4 Å². The fourth-order valence-electron chi connectivity index (χ4n) is 3.04. The van der Waals surface area contributed by atoms with E-state index >= 15 is 0 Å². The van der Waals surface area contributed by atoms with Gasteiger partial charge in [-0.25, -0.2) is 4.79 Å². The Balaban J connectivity index is 1.68. The molecule has 0 bridgehead atoms. The van der Waals surface area contributed by atoms with Gasteiger partial charge in [0.1, 0.15) is 17.1 Å². The van der Waals surface area contributed by atoms with Crippen LogP contribution in [0.3, 0.4) is 0 Å². The molecule has 2 aromatic carbocycles. The van der Waals surface area contributed by atoms with Crippen LogP contribution in [0.1, 0.15) is 22.3 Å². The molecule has 1 amide bonds. The number of benzene rings is 2. The van der Waals surface area contributed by atoms with Crippen LogP contribution in [0.15, 0.2) is 42.5 Å². The fourth-order valence-corrected chi connectivity index (χ4v) is 3.04. The van der Waals surface area contributed by atoms with Crippen molar-refractivity contribution < 1.29 is 23.8 Å². The maximum absolute atomic E-state index is 12.5. The highest BCUT2D eigenvalue weighted by molar-refractivity contribution is 5.98. The second-order valence-corrected chi connectivity index (χ2v) is 5.92. The summed E-state index contributed by atoms with van der Waals surface area (Å²) in [6.07, 6.45) is 1.84. The second-order valence-electron chi connectivity index (χ2n) is 5.92. The van der Waals surface area contributed by atoms with Crippen molar-refractivity contribution in [2.45, 2.75) is 12.8 Å². The van der Waals surface area contributed by atoms with Crippen LogP contribution in [0.25, 0.3) is 0 Å². The number of hydrogen-bond donors (Lipinski definition) is 0. The van der Waals surface area contributed by atoms with E-state index in [1.165, 1.54) is 14.2 Å². The quantitative estimate of drug-likeness (QED) is 0.772. The maximum atomic E-state index is 12.5. The number of fused-ring (bicyclic) bond motifs is 1. The van der Waals surface area contributed by atoms with Gasteiger partial charge in [0, 0.05) is 18.3 Å². The number of ether oxygens (including phenoxy) is 3. The van der Waals surface area contributed by atoms with Gasteiger partial charge in [0.25, 0.3) is 5.91 Å². The lowest BCUT2D eigenvalue weighted by Gasteiger charge is -2.29. The largest absolute Gasteiger partial charge is 0.497 e. The fraction of sp³-hybridized carbons (Fsp3) is 0.300. The lowest BCUT2D eigenvalue weighted by Crippen LogP contribution is -2.38. The number of esters is 1. The van der Waals surface area contributed by atoms with Gasteiger partial charge in [0.2, 0.25) is 0 Å². The molecule has 0 fully saturated rings. The van der Waals surface area contributed by atoms with Crippen LogP contribution in [0.2, 0.25) is 0 Å². The Kier molecular flexibility index (Phi) is 5.41. The first kappa shape index (κ1) is 17.8. The first-order valence-electron chi connectivity index (χ1n) is 8.41. The number of amides is 1. The summed E-state index contributed by atoms with van der Waals surface area (Å²) in [5.74, 6) is 0.0608. The number of anilines is 1. The van der Waals surface area contributed by atoms with E-state index in [0.29, 0.717) is 18.0 Å². The van der Waals surface area contributed by atoms with Crippen molar-refractivity contribution in [2.75, 3.05) is 32.3 Å². The SMILES string of the molecule is COc1ccc(C(=O)OCC(=O)N2CCCc3ccccc32)c(OC)c1. The molecule has 1 aliphatic rings. The van der Waals surface area contributed by atoms with Crippen LogP contribution >= 0.6 is 0 Å². The molecule has 26 heavy (non-hydrogen) atoms. The van der Waals surface area contributed by atoms with Gasteiger partial charge in [-0.05, 0) is 36.6 Å². The standard InChI is InChI=1S/C20H21NO5/c1-24-15-9-10-16(18(12-15)25-2)20(23)26-13-19(22)21-11-5-7-14-6-3-4-8-17(14)21/h3-4,6,8-10,12H,5,7,11,13H2,1-2H3. The zero-order chi connectivity index (χ0) is 18.5. The van der Waals surface area contributed by atoms with Crippen LogP contribution in [0.5, 0.6) is 11.5 Å². The van der Waals surface area contributed by atoms with Gasteiger partial charge in [-0.3, -0.25) is 4.79 Å². The summed E-state index contributed by atoms with van der Waals surface area (Å²) in [6.45, 7) is 0.307. The summed E-state index contributed by atoms with van der Waals surface area (Å²) in [6, 6.07) is 12.6. The molecule has 1 aliphatic heterocycles. The molecule has 0 atom stereocenters. The maximum Gasteiger partial charge on any atom is 0.342 e. The minimum Gasteiger partial charge on any atom is -0.497 e. The topological polar surface area (TPSA) is 65.1 Å². The van der Waals surface area contributed by atoms with Gasteiger partial charge in [-0.1, -0.05) is 18.2 Å². The molecule has 0 radical (unpaired) electrons. The molecule has 1 heterocycles. The molecule has 6 heteroatoms. The number of rotatable bonds is 5. The molecule has 0 aliphatic carbocycles. The Hall–Kier alpha value is -3.02. The van der Waals surface area contributed by atoms with Gasteiger partial charge in [-0.2, -0.15) is 0 Å². The van der Waals surface area contributed by atoms with Gasteiger partial charge in [0.15, 0.2) is 6.61 Å². The first-order valence-corrected chi connectivity index (χ1v) is 8.41. The van der Waals surface area contributed by atoms with Gasteiger partial charge >= 0.3 is 5.97 Å². The van der Waals surface area contributed by atoms with Gasteiger partial charge in [0.05, 0.1) is 14.2 Å². The molecule has 3 rings (SSSR count). The van der Waals surface area contributed by atoms with E-state index in [1.807, 2.05) is 24.3 Å². The van der Waals surface area contributed by atoms with Crippen LogP contribution in [0, 0.1) is 0 Å². The zero-order valence-electron chi connectivity index (χ0n) is 14.9. The molecule has 2 aromatic rings. The number of carbonyl (C=O) groups is 2. The minimum atomic E-state index is -0.608. The number of nitrogens with zero attached hydrogens (tertiary/aromatic N) is 1. The number of para-hydroxylation sites is 1. The van der Waals surface area contributed by atoms with E-state index in [2.05, 4.69) is 0 Å². The van der Waals surface area contributed by atoms with Crippen molar-refractivity contribution in [1.82, 2.24) is 0 Å². The van der Waals surface area contributed by atoms with E-state index in [9.17, 15) is 9.59 Å². The minimum absolute atomic E-state index is 0.238. The van der Waals surface area contributed by atoms with Crippen LogP contribution in [-0.4, -0.2) is 39.2 Å². The lowest BCUT2D eigenvalue weighted by atomic mass is 10.0. The Labute approximate surface area is 152 Å². The number of aryl methyl sites for hydroxylation is 1. The van der Waals surface area contributed by atoms with Gasteiger partial charge < -0.3 is 19.1 Å². The van der Waals surface area contributed by atoms with E-state index in [0.717, 1.165) is 24.1 Å². The highest BCUT2D eigenvalue weighted by Crippen LogP contribution is 2.27. The van der Waals surface area contributed by atoms with E-state index in [4.69, 9.17) is 14.2 Å². The highest BCUT2D eigenvalue weighted by Gasteiger charge is 2.24. The van der Waals surface area contributed by atoms with Crippen molar-refractivity contribution >= 4 is 17.6 Å². The normalized spacial score (nSPS) is 12.9. The first-order chi connectivity index (χ1) is 12.6. The Morgan fingerprint density at radius 2 is 1.88 bits per heavy atom. The second kappa shape index (κ2) is 7.91. The van der Waals surface area contributed by atoms with E-state index < -0.39 is 5.97 Å². The molecule has 6 nitrogen and oxygen atoms in total. The van der Waals surface area contributed by atoms with Crippen molar-refractivity contribution in [3.8, 4) is 11.5 Å². The molecule has 0 spiro atoms. The predicted octanol–water partition coefficient (Wildman–Crippen LogP) is 2.84. The number of carbonyl (C=O) groups excluding carboxylic acids is 2. The van der Waals surface area contributed by atoms with Crippen molar-refractivity contribution in [2.24, 2.45) is 0 Å². The smallest absolute Gasteiger partial charge is 0.342 e. The molecule has 0 unspecified atom stereocenters. The molecular formula is C20H21NO5. The van der Waals surface area contributed by atoms with E-state index in [-0.39, 0.29) is 18.1 Å². The number of methoxy groups -OCH3 is 2. The zero-order valence-corrected chi connectivity index (χ0v) is 14.9. The van der Waals surface area contributed by atoms with Crippen molar-refractivity contribution in [1.29, 1.82) is 0 Å². The summed E-state index contributed by atoms with van der Waals surface area (Å²) in [5.41, 5.74) is 2.28. The Bertz CT molecular complexity index is 818. The predicted molar refractivity (Wildman–Crippen MR) is 96.9 cm³/mol. The summed E-state index contributed by atoms with van der Waals surface area (Å²) < 4.78 is 15.5. The summed E-state index contributed by atoms with van der Waals surface area (Å²) in [4.78, 5) is 26.6. The molecular weight excluding hydrogens is 334 g/mol. The van der Waals surface area contributed by atoms with Crippen molar-refractivity contribution in [3.05, 3.63) is 53.6 Å². The third-order valence-electron chi connectivity index (χ3n) is 4.37. The molecule has 0 saturated carbocycles. The highest BCUT2D eigenvalue weighted by atomic mass is 16.5. The van der Waals surface area contributed by atoms with Crippen LogP contribution in [-0.2, 0) is 16.0 Å². The summed E-state index contributed by atoms with van der Waals surface area (Å²) >= 11 is 0. The van der Waals surface area contributed by atoms with Crippen LogP contribution in [0.4, 0.5) is 5.69 Å². The Morgan fingerprint density at radius 1 is 1.08 bits per heavy atom. The van der Waals surface area contributed by atoms with Gasteiger partial charge in [-0.15, -0.1) is 0 Å². The summed E-state index contributed by atoms with van der Waals surface area (Å²) in [7, 11) is 2.99. The summed E-state index contributed by atoms with van der Waals surface area (Å²) in [5, 5.41) is 0. The van der Waals surface area contributed by atoms with E-state index in [1.54, 1.807) is 23.1 Å². The Morgan fingerprint density at radius 3 is 2.65 bits per heavy atom. The molecule has 0 N–H and O–H groups in total. The average molecular weight is 355 g/mol. The third-order valence-corrected chi connectivity index (χ3v) is 4.37. The van der Waals surface area contributed by atoms with Crippen molar-refractivity contribution in [3.63, 3.8) is 0 Å². The molecule has 136 valence electrons. The number of hydrogen-bond acceptors (Lipinski definition) is 5. The molecule has 0 aromatic heterocycles. The average Bonchev–Trinajstić information content (AvgIpc) is 2.70. The molecule has 0 saturated heterocycles. The lowest BCUT2D eigenvalue weighted by molar-refractivity contribution is -0.121.